The summed E-state index contributed by atoms with van der Waals surface area (Å²) in [6.45, 7) is 1.26. The molecule has 0 aliphatic carbocycles. The minimum absolute atomic E-state index is 0.488. The van der Waals surface area contributed by atoms with Crippen molar-refractivity contribution in [3.05, 3.63) is 70.2 Å². The lowest BCUT2D eigenvalue weighted by molar-refractivity contribution is 0.283. The molecular weight excluding hydrogens is 366 g/mol. The Labute approximate surface area is 150 Å². The summed E-state index contributed by atoms with van der Waals surface area (Å²) in [5, 5.41) is 5.57. The molecule has 0 radical (unpaired) electrons. The van der Waals surface area contributed by atoms with Crippen LogP contribution in [-0.4, -0.2) is 14.2 Å². The van der Waals surface area contributed by atoms with Gasteiger partial charge in [-0.25, -0.2) is 0 Å². The molecule has 0 bridgehead atoms. The first-order chi connectivity index (χ1) is 11.7. The maximum atomic E-state index is 6.09. The van der Waals surface area contributed by atoms with Gasteiger partial charge in [-0.2, -0.15) is 0 Å². The Morgan fingerprint density at radius 1 is 1.04 bits per heavy atom. The molecule has 0 heterocycles. The lowest BCUT2D eigenvalue weighted by Crippen LogP contribution is -2.06. The fraction of sp³-hybridized carbons (Fsp3) is 0.200. The van der Waals surface area contributed by atoms with Crippen molar-refractivity contribution in [2.75, 3.05) is 14.2 Å². The summed E-state index contributed by atoms with van der Waals surface area (Å²) in [6, 6.07) is 18.7. The molecule has 0 saturated heterocycles. The molecule has 1 N–H and O–H groups in total. The van der Waals surface area contributed by atoms with Crippen LogP contribution in [0.1, 0.15) is 11.1 Å². The van der Waals surface area contributed by atoms with Crippen molar-refractivity contribution in [2.45, 2.75) is 13.2 Å². The van der Waals surface area contributed by atoms with Crippen molar-refractivity contribution < 1.29 is 9.47 Å². The molecule has 0 aromatic heterocycles. The predicted molar refractivity (Wildman–Crippen MR) is 102 cm³/mol. The number of hydrogen-bond acceptors (Lipinski definition) is 3. The van der Waals surface area contributed by atoms with Crippen LogP contribution in [0.2, 0.25) is 0 Å². The Morgan fingerprint density at radius 3 is 2.62 bits per heavy atom. The van der Waals surface area contributed by atoms with E-state index in [1.165, 1.54) is 10.8 Å². The van der Waals surface area contributed by atoms with Crippen molar-refractivity contribution >= 4 is 26.7 Å². The van der Waals surface area contributed by atoms with Crippen molar-refractivity contribution in [1.29, 1.82) is 0 Å². The topological polar surface area (TPSA) is 30.5 Å². The molecule has 3 aromatic rings. The molecule has 0 fully saturated rings. The number of nitrogens with one attached hydrogen (secondary N) is 1. The average molecular weight is 386 g/mol. The molecule has 3 aromatic carbocycles. The highest BCUT2D eigenvalue weighted by Crippen LogP contribution is 2.37. The molecule has 3 rings (SSSR count). The molecule has 0 unspecified atom stereocenters. The third-order valence-corrected chi connectivity index (χ3v) is 4.51. The van der Waals surface area contributed by atoms with Gasteiger partial charge in [-0.05, 0) is 57.0 Å². The van der Waals surface area contributed by atoms with Crippen LogP contribution in [0.15, 0.2) is 59.1 Å². The number of rotatable bonds is 6. The van der Waals surface area contributed by atoms with Gasteiger partial charge in [0.1, 0.15) is 6.61 Å². The van der Waals surface area contributed by atoms with E-state index in [0.29, 0.717) is 6.61 Å². The van der Waals surface area contributed by atoms with Gasteiger partial charge in [0.05, 0.1) is 11.6 Å². The van der Waals surface area contributed by atoms with Crippen LogP contribution in [0.4, 0.5) is 0 Å². The number of fused-ring (bicyclic) bond motifs is 1. The minimum atomic E-state index is 0.488. The van der Waals surface area contributed by atoms with E-state index in [2.05, 4.69) is 63.7 Å². The molecule has 0 spiro atoms. The zero-order valence-corrected chi connectivity index (χ0v) is 15.4. The zero-order chi connectivity index (χ0) is 16.9. The second-order valence-electron chi connectivity index (χ2n) is 5.57. The van der Waals surface area contributed by atoms with Gasteiger partial charge in [0.25, 0.3) is 0 Å². The molecule has 0 aliphatic rings. The SMILES string of the molecule is CNCc1cc(Br)c(OCc2cccc3ccccc23)c(OC)c1. The number of hydrogen-bond donors (Lipinski definition) is 1. The molecule has 4 heteroatoms. The Bertz CT molecular complexity index is 843. The molecule has 24 heavy (non-hydrogen) atoms. The molecule has 3 nitrogen and oxygen atoms in total. The van der Waals surface area contributed by atoms with Crippen LogP contribution in [0, 0.1) is 0 Å². The molecule has 124 valence electrons. The summed E-state index contributed by atoms with van der Waals surface area (Å²) in [4.78, 5) is 0. The van der Waals surface area contributed by atoms with E-state index in [-0.39, 0.29) is 0 Å². The van der Waals surface area contributed by atoms with Crippen molar-refractivity contribution in [1.82, 2.24) is 5.32 Å². The molecular formula is C20H20BrNO2. The Kier molecular flexibility index (Phi) is 5.38. The van der Waals surface area contributed by atoms with Gasteiger partial charge in [0.15, 0.2) is 11.5 Å². The average Bonchev–Trinajstić information content (AvgIpc) is 2.60. The molecule has 0 aliphatic heterocycles. The lowest BCUT2D eigenvalue weighted by atomic mass is 10.1. The lowest BCUT2D eigenvalue weighted by Gasteiger charge is -2.15. The van der Waals surface area contributed by atoms with Crippen LogP contribution in [-0.2, 0) is 13.2 Å². The normalized spacial score (nSPS) is 10.8. The maximum absolute atomic E-state index is 6.09. The summed E-state index contributed by atoms with van der Waals surface area (Å²) < 4.78 is 12.5. The van der Waals surface area contributed by atoms with Crippen LogP contribution < -0.4 is 14.8 Å². The van der Waals surface area contributed by atoms with Gasteiger partial charge in [-0.1, -0.05) is 42.5 Å². The highest BCUT2D eigenvalue weighted by molar-refractivity contribution is 9.10. The monoisotopic (exact) mass is 385 g/mol. The first-order valence-electron chi connectivity index (χ1n) is 7.83. The summed E-state index contributed by atoms with van der Waals surface area (Å²) in [7, 11) is 3.58. The van der Waals surface area contributed by atoms with E-state index in [1.807, 2.05) is 19.2 Å². The summed E-state index contributed by atoms with van der Waals surface area (Å²) in [5.41, 5.74) is 2.29. The fourth-order valence-corrected chi connectivity index (χ4v) is 3.39. The minimum Gasteiger partial charge on any atom is -0.493 e. The quantitative estimate of drug-likeness (QED) is 0.653. The number of ether oxygens (including phenoxy) is 2. The zero-order valence-electron chi connectivity index (χ0n) is 13.8. The maximum Gasteiger partial charge on any atom is 0.175 e. The van der Waals surface area contributed by atoms with E-state index in [1.54, 1.807) is 7.11 Å². The van der Waals surface area contributed by atoms with Crippen molar-refractivity contribution in [2.24, 2.45) is 0 Å². The van der Waals surface area contributed by atoms with Gasteiger partial charge < -0.3 is 14.8 Å². The van der Waals surface area contributed by atoms with Crippen molar-refractivity contribution in [3.8, 4) is 11.5 Å². The van der Waals surface area contributed by atoms with Gasteiger partial charge in [-0.15, -0.1) is 0 Å². The van der Waals surface area contributed by atoms with Crippen LogP contribution in [0.25, 0.3) is 10.8 Å². The van der Waals surface area contributed by atoms with E-state index >= 15 is 0 Å². The van der Waals surface area contributed by atoms with Crippen molar-refractivity contribution in [3.63, 3.8) is 0 Å². The Balaban J connectivity index is 1.88. The summed E-state index contributed by atoms with van der Waals surface area (Å²) in [6.07, 6.45) is 0. The smallest absolute Gasteiger partial charge is 0.175 e. The molecule has 0 atom stereocenters. The second kappa shape index (κ2) is 7.69. The van der Waals surface area contributed by atoms with Crippen LogP contribution >= 0.6 is 15.9 Å². The number of halogens is 1. The standard InChI is InChI=1S/C20H20BrNO2/c1-22-12-14-10-18(21)20(19(11-14)23-2)24-13-16-8-5-7-15-6-3-4-9-17(15)16/h3-11,22H,12-13H2,1-2H3. The molecule has 0 amide bonds. The van der Waals surface area contributed by atoms with E-state index in [0.717, 1.165) is 33.6 Å². The molecule has 0 saturated carbocycles. The van der Waals surface area contributed by atoms with Gasteiger partial charge in [-0.3, -0.25) is 0 Å². The predicted octanol–water partition coefficient (Wildman–Crippen LogP) is 4.91. The van der Waals surface area contributed by atoms with Gasteiger partial charge in [0, 0.05) is 6.54 Å². The Hall–Kier alpha value is -2.04. The second-order valence-corrected chi connectivity index (χ2v) is 6.42. The van der Waals surface area contributed by atoms with Crippen LogP contribution in [0.5, 0.6) is 11.5 Å². The summed E-state index contributed by atoms with van der Waals surface area (Å²) in [5.74, 6) is 1.46. The highest BCUT2D eigenvalue weighted by atomic mass is 79.9. The van der Waals surface area contributed by atoms with E-state index in [4.69, 9.17) is 9.47 Å². The van der Waals surface area contributed by atoms with Crippen LogP contribution in [0.3, 0.4) is 0 Å². The third kappa shape index (κ3) is 3.55. The first-order valence-corrected chi connectivity index (χ1v) is 8.62. The van der Waals surface area contributed by atoms with Gasteiger partial charge >= 0.3 is 0 Å². The fourth-order valence-electron chi connectivity index (χ4n) is 2.79. The summed E-state index contributed by atoms with van der Waals surface area (Å²) >= 11 is 3.60. The largest absolute Gasteiger partial charge is 0.493 e. The van der Waals surface area contributed by atoms with E-state index < -0.39 is 0 Å². The van der Waals surface area contributed by atoms with Gasteiger partial charge in [0.2, 0.25) is 0 Å². The first kappa shape index (κ1) is 16.8. The third-order valence-electron chi connectivity index (χ3n) is 3.92. The Morgan fingerprint density at radius 2 is 1.83 bits per heavy atom. The highest BCUT2D eigenvalue weighted by Gasteiger charge is 2.12. The van der Waals surface area contributed by atoms with E-state index in [9.17, 15) is 0 Å². The number of benzene rings is 3. The number of methoxy groups -OCH3 is 1.